The van der Waals surface area contributed by atoms with Gasteiger partial charge in [0.2, 0.25) is 0 Å². The smallest absolute Gasteiger partial charge is 0.254 e. The van der Waals surface area contributed by atoms with Gasteiger partial charge in [0, 0.05) is 43.7 Å². The van der Waals surface area contributed by atoms with Crippen LogP contribution >= 0.6 is 11.3 Å². The summed E-state index contributed by atoms with van der Waals surface area (Å²) in [5.41, 5.74) is 9.53. The van der Waals surface area contributed by atoms with Gasteiger partial charge in [0.1, 0.15) is 16.1 Å². The Morgan fingerprint density at radius 1 is 1.27 bits per heavy atom. The van der Waals surface area contributed by atoms with Crippen molar-refractivity contribution in [1.29, 1.82) is 0 Å². The zero-order valence-corrected chi connectivity index (χ0v) is 19.9. The molecule has 0 unspecified atom stereocenters. The van der Waals surface area contributed by atoms with Crippen LogP contribution < -0.4 is 10.5 Å². The molecule has 172 valence electrons. The third-order valence-corrected chi connectivity index (χ3v) is 7.97. The molecule has 1 aliphatic carbocycles. The molecule has 2 N–H and O–H groups in total. The lowest BCUT2D eigenvalue weighted by atomic mass is 10.0. The van der Waals surface area contributed by atoms with Crippen molar-refractivity contribution in [3.63, 3.8) is 0 Å². The number of imidazole rings is 1. The number of carbonyl (C=O) groups is 1. The topological polar surface area (TPSA) is 78.3 Å². The maximum absolute atomic E-state index is 13.3. The average Bonchev–Trinajstić information content (AvgIpc) is 3.26. The van der Waals surface area contributed by atoms with Gasteiger partial charge in [-0.05, 0) is 61.2 Å². The highest BCUT2D eigenvalue weighted by Crippen LogP contribution is 2.39. The molecule has 0 radical (unpaired) electrons. The predicted molar refractivity (Wildman–Crippen MR) is 132 cm³/mol. The lowest BCUT2D eigenvalue weighted by molar-refractivity contribution is 0.0708. The van der Waals surface area contributed by atoms with Gasteiger partial charge >= 0.3 is 0 Å². The van der Waals surface area contributed by atoms with Crippen LogP contribution in [0.1, 0.15) is 36.0 Å². The summed E-state index contributed by atoms with van der Waals surface area (Å²) < 4.78 is 10.3. The largest absolute Gasteiger partial charge is 0.494 e. The number of amides is 1. The zero-order valence-electron chi connectivity index (χ0n) is 19.1. The van der Waals surface area contributed by atoms with Gasteiger partial charge in [-0.1, -0.05) is 0 Å². The van der Waals surface area contributed by atoms with Gasteiger partial charge in [-0.25, -0.2) is 4.98 Å². The highest BCUT2D eigenvalue weighted by molar-refractivity contribution is 7.16. The van der Waals surface area contributed by atoms with Crippen molar-refractivity contribution in [1.82, 2.24) is 19.0 Å². The molecule has 1 aliphatic heterocycles. The van der Waals surface area contributed by atoms with E-state index in [-0.39, 0.29) is 11.9 Å². The number of methoxy groups -OCH3 is 1. The number of carbonyl (C=O) groups excluding carboxylic acids is 1. The van der Waals surface area contributed by atoms with Gasteiger partial charge in [-0.2, -0.15) is 0 Å². The molecule has 1 atom stereocenters. The fourth-order valence-electron chi connectivity index (χ4n) is 5.10. The normalized spacial score (nSPS) is 19.0. The van der Waals surface area contributed by atoms with E-state index in [9.17, 15) is 4.79 Å². The van der Waals surface area contributed by atoms with Crippen LogP contribution in [0.2, 0.25) is 0 Å². The van der Waals surface area contributed by atoms with Crippen LogP contribution in [-0.2, 0) is 13.6 Å². The summed E-state index contributed by atoms with van der Waals surface area (Å²) in [6.07, 6.45) is 4.50. The number of fused-ring (bicyclic) bond motifs is 2. The number of nitrogens with zero attached hydrogens (tertiary/aromatic N) is 4. The first-order chi connectivity index (χ1) is 16.0. The quantitative estimate of drug-likeness (QED) is 0.480. The molecule has 33 heavy (non-hydrogen) atoms. The second-order valence-corrected chi connectivity index (χ2v) is 10.4. The number of rotatable bonds is 5. The SMILES string of the molecule is COc1cc(C(=O)N2CCC[C@@H](N)C2)cc2nc(-c3cc4ccsc4n3CC3CC3)n(C)c12. The van der Waals surface area contributed by atoms with Crippen LogP contribution in [0.15, 0.2) is 29.6 Å². The van der Waals surface area contributed by atoms with E-state index in [0.29, 0.717) is 17.9 Å². The second-order valence-electron chi connectivity index (χ2n) is 9.46. The minimum absolute atomic E-state index is 0.00447. The first-order valence-electron chi connectivity index (χ1n) is 11.7. The molecule has 2 fully saturated rings. The number of hydrogen-bond donors (Lipinski definition) is 1. The molecular weight excluding hydrogens is 434 g/mol. The Morgan fingerprint density at radius 2 is 2.12 bits per heavy atom. The number of benzene rings is 1. The Bertz CT molecular complexity index is 1360. The number of aryl methyl sites for hydroxylation is 1. The first kappa shape index (κ1) is 20.7. The molecule has 1 saturated heterocycles. The zero-order chi connectivity index (χ0) is 22.7. The third-order valence-electron chi connectivity index (χ3n) is 7.02. The summed E-state index contributed by atoms with van der Waals surface area (Å²) in [6.45, 7) is 2.36. The van der Waals surface area contributed by atoms with Crippen molar-refractivity contribution in [2.75, 3.05) is 20.2 Å². The highest BCUT2D eigenvalue weighted by Gasteiger charge is 2.28. The van der Waals surface area contributed by atoms with Gasteiger partial charge in [0.05, 0.1) is 18.3 Å². The summed E-state index contributed by atoms with van der Waals surface area (Å²) in [6, 6.07) is 8.21. The van der Waals surface area contributed by atoms with Crippen LogP contribution in [0.3, 0.4) is 0 Å². The van der Waals surface area contributed by atoms with E-state index >= 15 is 0 Å². The lowest BCUT2D eigenvalue weighted by Gasteiger charge is -2.30. The average molecular weight is 464 g/mol. The number of hydrogen-bond acceptors (Lipinski definition) is 5. The summed E-state index contributed by atoms with van der Waals surface area (Å²) in [7, 11) is 3.68. The standard InChI is InChI=1S/C25H29N5O2S/c1-28-22-19(10-17(12-21(22)32-2)24(31)29-8-3-4-18(26)14-29)27-23(28)20-11-16-7-9-33-25(16)30(20)13-15-5-6-15/h7,9-12,15,18H,3-6,8,13-14,26H2,1-2H3/t18-/m1/s1. The molecule has 4 aromatic rings. The van der Waals surface area contributed by atoms with Gasteiger partial charge in [0.15, 0.2) is 5.82 Å². The van der Waals surface area contributed by atoms with Crippen molar-refractivity contribution in [2.45, 2.75) is 38.3 Å². The molecule has 6 rings (SSSR count). The Hall–Kier alpha value is -2.84. The number of ether oxygens (including phenoxy) is 1. The minimum Gasteiger partial charge on any atom is -0.494 e. The van der Waals surface area contributed by atoms with Gasteiger partial charge in [-0.15, -0.1) is 11.3 Å². The van der Waals surface area contributed by atoms with Gasteiger partial charge in [-0.3, -0.25) is 4.79 Å². The molecular formula is C25H29N5O2S. The molecule has 4 heterocycles. The fourth-order valence-corrected chi connectivity index (χ4v) is 6.00. The van der Waals surface area contributed by atoms with Crippen LogP contribution in [0.4, 0.5) is 0 Å². The Kier molecular flexibility index (Phi) is 4.96. The van der Waals surface area contributed by atoms with E-state index < -0.39 is 0 Å². The molecule has 0 spiro atoms. The molecule has 7 nitrogen and oxygen atoms in total. The molecule has 1 amide bonds. The molecule has 3 aromatic heterocycles. The minimum atomic E-state index is -0.00447. The monoisotopic (exact) mass is 463 g/mol. The maximum atomic E-state index is 13.3. The Labute approximate surface area is 196 Å². The van der Waals surface area contributed by atoms with Crippen molar-refractivity contribution >= 4 is 38.5 Å². The molecule has 1 saturated carbocycles. The number of thiophene rings is 1. The van der Waals surface area contributed by atoms with E-state index in [2.05, 4.69) is 26.6 Å². The van der Waals surface area contributed by atoms with Gasteiger partial charge < -0.3 is 24.5 Å². The van der Waals surface area contributed by atoms with Crippen LogP contribution in [0.5, 0.6) is 5.75 Å². The first-order valence-corrected chi connectivity index (χ1v) is 12.6. The van der Waals surface area contributed by atoms with E-state index in [1.807, 2.05) is 24.1 Å². The summed E-state index contributed by atoms with van der Waals surface area (Å²) in [5.74, 6) is 2.32. The van der Waals surface area contributed by atoms with Crippen molar-refractivity contribution in [3.05, 3.63) is 35.2 Å². The maximum Gasteiger partial charge on any atom is 0.254 e. The highest BCUT2D eigenvalue weighted by atomic mass is 32.1. The fraction of sp³-hybridized carbons (Fsp3) is 0.440. The van der Waals surface area contributed by atoms with Crippen molar-refractivity contribution in [3.8, 4) is 17.3 Å². The molecule has 2 aliphatic rings. The van der Waals surface area contributed by atoms with Crippen molar-refractivity contribution < 1.29 is 9.53 Å². The number of piperidine rings is 1. The number of nitrogens with two attached hydrogens (primary N) is 1. The van der Waals surface area contributed by atoms with Crippen molar-refractivity contribution in [2.24, 2.45) is 18.7 Å². The van der Waals surface area contributed by atoms with Crippen LogP contribution in [0.25, 0.3) is 32.8 Å². The second kappa shape index (κ2) is 7.88. The Morgan fingerprint density at radius 3 is 2.88 bits per heavy atom. The molecule has 1 aromatic carbocycles. The van der Waals surface area contributed by atoms with E-state index in [4.69, 9.17) is 15.5 Å². The van der Waals surface area contributed by atoms with E-state index in [1.54, 1.807) is 18.4 Å². The lowest BCUT2D eigenvalue weighted by Crippen LogP contribution is -2.45. The van der Waals surface area contributed by atoms with Crippen LogP contribution in [0, 0.1) is 5.92 Å². The predicted octanol–water partition coefficient (Wildman–Crippen LogP) is 4.24. The number of aromatic nitrogens is 3. The molecule has 8 heteroatoms. The summed E-state index contributed by atoms with van der Waals surface area (Å²) in [5, 5.41) is 3.41. The number of likely N-dealkylation sites (tertiary alicyclic amines) is 1. The molecule has 0 bridgehead atoms. The summed E-state index contributed by atoms with van der Waals surface area (Å²) in [4.78, 5) is 21.4. The van der Waals surface area contributed by atoms with E-state index in [1.165, 1.54) is 23.1 Å². The third kappa shape index (κ3) is 3.52. The Balaban J connectivity index is 1.46. The van der Waals surface area contributed by atoms with E-state index in [0.717, 1.165) is 54.4 Å². The van der Waals surface area contributed by atoms with Crippen LogP contribution in [-0.4, -0.2) is 51.2 Å². The van der Waals surface area contributed by atoms with Gasteiger partial charge in [0.25, 0.3) is 5.91 Å². The summed E-state index contributed by atoms with van der Waals surface area (Å²) >= 11 is 1.78.